The van der Waals surface area contributed by atoms with Gasteiger partial charge in [-0.05, 0) is 63.2 Å². The van der Waals surface area contributed by atoms with E-state index in [9.17, 15) is 43.2 Å². The molecule has 0 saturated heterocycles. The van der Waals surface area contributed by atoms with Gasteiger partial charge in [-0.15, -0.1) is 0 Å². The van der Waals surface area contributed by atoms with E-state index in [-0.39, 0.29) is 25.7 Å². The van der Waals surface area contributed by atoms with Crippen molar-refractivity contribution in [2.75, 3.05) is 39.6 Å². The number of ether oxygens (including phenoxy) is 4. The first kappa shape index (κ1) is 90.5. The third-order valence-electron chi connectivity index (χ3n) is 16.9. The molecule has 548 valence electrons. The molecule has 19 heteroatoms. The molecule has 3 unspecified atom stereocenters. The molecule has 0 rings (SSSR count). The molecule has 0 aromatic rings. The molecule has 0 radical (unpaired) electrons. The molecule has 0 aliphatic carbocycles. The van der Waals surface area contributed by atoms with E-state index < -0.39 is 97.5 Å². The van der Waals surface area contributed by atoms with E-state index in [4.69, 9.17) is 37.0 Å². The van der Waals surface area contributed by atoms with Crippen LogP contribution in [-0.2, 0) is 65.4 Å². The summed E-state index contributed by atoms with van der Waals surface area (Å²) >= 11 is 0. The summed E-state index contributed by atoms with van der Waals surface area (Å²) in [6, 6.07) is 0. The fourth-order valence-electron chi connectivity index (χ4n) is 10.7. The standard InChI is InChI=1S/C74H140O17P2/c1-7-10-12-14-16-18-20-22-23-25-31-35-39-47-53-59-73(78)90-69(62-84-71(76)56-50-44-37-33-29-27-26-28-32-36-42-48-54-66(4)5)64-88-92(80,81)86-60-68(75)61-87-93(82,83)89-65-70(63-85-72(77)57-51-45-41-40-43-49-55-67(6)9-3)91-74(79)58-52-46-38-34-30-24-21-19-17-15-13-11-8-2/h18,20,22-23,66-70,75H,7-17,19,21,24-65H2,1-6H3,(H,80,81)(H,82,83)/b20-18-,23-22-/t67?,68-,69-,70-/m1/s1. The lowest BCUT2D eigenvalue weighted by Gasteiger charge is -2.21. The van der Waals surface area contributed by atoms with Gasteiger partial charge in [-0.1, -0.05) is 303 Å². The zero-order valence-corrected chi connectivity index (χ0v) is 61.8. The van der Waals surface area contributed by atoms with Crippen LogP contribution in [-0.4, -0.2) is 96.7 Å². The lowest BCUT2D eigenvalue weighted by Crippen LogP contribution is -2.30. The van der Waals surface area contributed by atoms with Crippen LogP contribution in [0.15, 0.2) is 24.3 Å². The van der Waals surface area contributed by atoms with Crippen LogP contribution in [0.3, 0.4) is 0 Å². The lowest BCUT2D eigenvalue weighted by molar-refractivity contribution is -0.161. The number of rotatable bonds is 71. The van der Waals surface area contributed by atoms with Gasteiger partial charge in [0.1, 0.15) is 19.3 Å². The molecule has 0 heterocycles. The normalized spacial score (nSPS) is 14.5. The molecular weight excluding hydrogens is 1220 g/mol. The minimum absolute atomic E-state index is 0.0849. The van der Waals surface area contributed by atoms with Gasteiger partial charge in [-0.25, -0.2) is 9.13 Å². The number of hydrogen-bond donors (Lipinski definition) is 3. The first-order valence-corrected chi connectivity index (χ1v) is 40.8. The van der Waals surface area contributed by atoms with Gasteiger partial charge in [0.25, 0.3) is 0 Å². The zero-order valence-electron chi connectivity index (χ0n) is 60.0. The molecule has 17 nitrogen and oxygen atoms in total. The molecule has 0 aliphatic heterocycles. The third-order valence-corrected chi connectivity index (χ3v) is 18.8. The van der Waals surface area contributed by atoms with Gasteiger partial charge in [0, 0.05) is 25.7 Å². The summed E-state index contributed by atoms with van der Waals surface area (Å²) in [5.41, 5.74) is 0. The maximum Gasteiger partial charge on any atom is 0.472 e. The molecule has 0 aromatic heterocycles. The highest BCUT2D eigenvalue weighted by Gasteiger charge is 2.30. The zero-order chi connectivity index (χ0) is 68.6. The Labute approximate surface area is 567 Å². The summed E-state index contributed by atoms with van der Waals surface area (Å²) in [6.07, 6.45) is 54.8. The number of hydrogen-bond acceptors (Lipinski definition) is 15. The van der Waals surface area contributed by atoms with Crippen molar-refractivity contribution in [2.24, 2.45) is 11.8 Å². The van der Waals surface area contributed by atoms with Gasteiger partial charge in [-0.2, -0.15) is 0 Å². The number of unbranched alkanes of at least 4 members (excludes halogenated alkanes) is 37. The minimum Gasteiger partial charge on any atom is -0.462 e. The second kappa shape index (κ2) is 65.5. The maximum atomic E-state index is 13.1. The number of aliphatic hydroxyl groups excluding tert-OH is 1. The van der Waals surface area contributed by atoms with Crippen LogP contribution in [0.25, 0.3) is 0 Å². The topological polar surface area (TPSA) is 237 Å². The predicted molar refractivity (Wildman–Crippen MR) is 377 cm³/mol. The highest BCUT2D eigenvalue weighted by Crippen LogP contribution is 2.45. The van der Waals surface area contributed by atoms with E-state index in [1.807, 2.05) is 0 Å². The van der Waals surface area contributed by atoms with E-state index in [0.29, 0.717) is 25.7 Å². The van der Waals surface area contributed by atoms with Crippen molar-refractivity contribution in [3.05, 3.63) is 24.3 Å². The monoisotopic (exact) mass is 1360 g/mol. The summed E-state index contributed by atoms with van der Waals surface area (Å²) in [5, 5.41) is 10.6. The van der Waals surface area contributed by atoms with E-state index in [0.717, 1.165) is 121 Å². The van der Waals surface area contributed by atoms with Crippen LogP contribution in [0.2, 0.25) is 0 Å². The second-order valence-corrected chi connectivity index (χ2v) is 29.6. The number of allylic oxidation sites excluding steroid dienone is 4. The molecule has 0 aromatic carbocycles. The summed E-state index contributed by atoms with van der Waals surface area (Å²) in [5.74, 6) is -0.640. The predicted octanol–water partition coefficient (Wildman–Crippen LogP) is 21.1. The fraction of sp³-hybridized carbons (Fsp3) is 0.892. The molecule has 93 heavy (non-hydrogen) atoms. The van der Waals surface area contributed by atoms with E-state index in [1.165, 1.54) is 154 Å². The van der Waals surface area contributed by atoms with Crippen LogP contribution in [0, 0.1) is 11.8 Å². The van der Waals surface area contributed by atoms with Crippen molar-refractivity contribution < 1.29 is 80.2 Å². The van der Waals surface area contributed by atoms with E-state index >= 15 is 0 Å². The Morgan fingerprint density at radius 2 is 0.634 bits per heavy atom. The van der Waals surface area contributed by atoms with Crippen LogP contribution in [0.5, 0.6) is 0 Å². The summed E-state index contributed by atoms with van der Waals surface area (Å²) in [6.45, 7) is 9.48. The largest absolute Gasteiger partial charge is 0.472 e. The molecule has 0 spiro atoms. The number of carbonyl (C=O) groups excluding carboxylic acids is 4. The highest BCUT2D eigenvalue weighted by molar-refractivity contribution is 7.47. The summed E-state index contributed by atoms with van der Waals surface area (Å²) < 4.78 is 68.4. The Bertz CT molecular complexity index is 1900. The molecular formula is C74H140O17P2. The number of aliphatic hydroxyl groups is 1. The van der Waals surface area contributed by atoms with E-state index in [1.54, 1.807) is 0 Å². The average Bonchev–Trinajstić information content (AvgIpc) is 1.94. The van der Waals surface area contributed by atoms with Gasteiger partial charge in [0.15, 0.2) is 12.2 Å². The Kier molecular flexibility index (Phi) is 63.7. The first-order chi connectivity index (χ1) is 44.9. The van der Waals surface area contributed by atoms with Crippen molar-refractivity contribution >= 4 is 39.5 Å². The summed E-state index contributed by atoms with van der Waals surface area (Å²) in [4.78, 5) is 72.7. The lowest BCUT2D eigenvalue weighted by atomic mass is 10.00. The Morgan fingerprint density at radius 1 is 0.355 bits per heavy atom. The quantitative estimate of drug-likeness (QED) is 0.0169. The van der Waals surface area contributed by atoms with Crippen molar-refractivity contribution in [3.8, 4) is 0 Å². The van der Waals surface area contributed by atoms with Gasteiger partial charge < -0.3 is 33.8 Å². The molecule has 0 fully saturated rings. The summed E-state index contributed by atoms with van der Waals surface area (Å²) in [7, 11) is -9.92. The van der Waals surface area contributed by atoms with Gasteiger partial charge in [0.05, 0.1) is 26.4 Å². The first-order valence-electron chi connectivity index (χ1n) is 37.8. The Hall–Kier alpha value is -2.46. The van der Waals surface area contributed by atoms with Gasteiger partial charge in [-0.3, -0.25) is 37.3 Å². The van der Waals surface area contributed by atoms with Crippen LogP contribution in [0.1, 0.15) is 356 Å². The average molecular weight is 1360 g/mol. The number of phosphoric ester groups is 2. The Balaban J connectivity index is 5.29. The number of carbonyl (C=O) groups is 4. The van der Waals surface area contributed by atoms with Crippen LogP contribution in [0.4, 0.5) is 0 Å². The van der Waals surface area contributed by atoms with Crippen molar-refractivity contribution in [1.82, 2.24) is 0 Å². The number of esters is 4. The third kappa shape index (κ3) is 66.6. The molecule has 0 saturated carbocycles. The molecule has 6 atom stereocenters. The van der Waals surface area contributed by atoms with E-state index in [2.05, 4.69) is 65.8 Å². The minimum atomic E-state index is -4.96. The molecule has 0 aliphatic rings. The van der Waals surface area contributed by atoms with Crippen molar-refractivity contribution in [1.29, 1.82) is 0 Å². The Morgan fingerprint density at radius 3 is 0.968 bits per heavy atom. The number of phosphoric acid groups is 2. The van der Waals surface area contributed by atoms with Crippen molar-refractivity contribution in [3.63, 3.8) is 0 Å². The smallest absolute Gasteiger partial charge is 0.462 e. The van der Waals surface area contributed by atoms with Crippen LogP contribution >= 0.6 is 15.6 Å². The van der Waals surface area contributed by atoms with Gasteiger partial charge in [0.2, 0.25) is 0 Å². The second-order valence-electron chi connectivity index (χ2n) is 26.7. The van der Waals surface area contributed by atoms with Crippen LogP contribution < -0.4 is 0 Å². The molecule has 0 bridgehead atoms. The SMILES string of the molecule is CCCCCC/C=C\C=C/CCCCCCCC(=O)O[C@H](COC(=O)CCCCCCCCCCCCCCC(C)C)COP(=O)(O)OC[C@@H](O)COP(=O)(O)OC[C@@H](COC(=O)CCCCCCCCC(C)CC)OC(=O)CCCCCCCCCCCCCCC. The molecule has 3 N–H and O–H groups in total. The van der Waals surface area contributed by atoms with Crippen molar-refractivity contribution in [2.45, 2.75) is 374 Å². The highest BCUT2D eigenvalue weighted by atomic mass is 31.2. The fourth-order valence-corrected chi connectivity index (χ4v) is 12.3. The van der Waals surface area contributed by atoms with Gasteiger partial charge >= 0.3 is 39.5 Å². The maximum absolute atomic E-state index is 13.1. The molecule has 0 amide bonds.